The zero-order valence-corrected chi connectivity index (χ0v) is 16.1. The topological polar surface area (TPSA) is 66.5 Å². The summed E-state index contributed by atoms with van der Waals surface area (Å²) < 4.78 is 43.1. The Morgan fingerprint density at radius 2 is 1.86 bits per heavy atom. The second-order valence-electron chi connectivity index (χ2n) is 7.37. The SMILES string of the molecule is CCCCC(=O)N[C@]1(C(F)(F)F)C(=O)N(Cc2ccccc2)C2=C1C(=O)CCC2. The van der Waals surface area contributed by atoms with E-state index in [2.05, 4.69) is 0 Å². The molecule has 1 N–H and O–H groups in total. The van der Waals surface area contributed by atoms with Crippen LogP contribution < -0.4 is 5.32 Å². The summed E-state index contributed by atoms with van der Waals surface area (Å²) in [6, 6.07) is 8.61. The number of nitrogens with zero attached hydrogens (tertiary/aromatic N) is 1. The van der Waals surface area contributed by atoms with E-state index < -0.39 is 34.9 Å². The van der Waals surface area contributed by atoms with Crippen LogP contribution in [0.4, 0.5) is 13.2 Å². The van der Waals surface area contributed by atoms with Crippen molar-refractivity contribution < 1.29 is 27.6 Å². The molecule has 0 saturated carbocycles. The molecule has 1 aromatic rings. The van der Waals surface area contributed by atoms with Gasteiger partial charge in [-0.05, 0) is 24.8 Å². The van der Waals surface area contributed by atoms with E-state index in [9.17, 15) is 27.6 Å². The van der Waals surface area contributed by atoms with E-state index in [0.29, 0.717) is 24.8 Å². The zero-order valence-electron chi connectivity index (χ0n) is 16.1. The molecule has 0 aromatic heterocycles. The van der Waals surface area contributed by atoms with Crippen molar-refractivity contribution in [2.75, 3.05) is 0 Å². The summed E-state index contributed by atoms with van der Waals surface area (Å²) in [5.41, 5.74) is -3.20. The molecule has 0 spiro atoms. The standard InChI is InChI=1S/C21H23F3N2O3/c1-2-3-12-17(28)25-20(21(22,23)24)18-15(10-7-11-16(18)27)26(19(20)29)13-14-8-5-4-6-9-14/h4-6,8-9H,2-3,7,10-13H2,1H3,(H,25,28)/t20-/m0/s1. The lowest BCUT2D eigenvalue weighted by molar-refractivity contribution is -0.194. The Labute approximate surface area is 166 Å². The number of rotatable bonds is 6. The van der Waals surface area contributed by atoms with Gasteiger partial charge in [-0.3, -0.25) is 14.4 Å². The van der Waals surface area contributed by atoms with Crippen LogP contribution >= 0.6 is 0 Å². The predicted molar refractivity (Wildman–Crippen MR) is 99.3 cm³/mol. The van der Waals surface area contributed by atoms with Crippen LogP contribution in [0.25, 0.3) is 0 Å². The van der Waals surface area contributed by atoms with Crippen LogP contribution in [0, 0.1) is 0 Å². The van der Waals surface area contributed by atoms with E-state index in [1.54, 1.807) is 37.3 Å². The second kappa shape index (κ2) is 8.00. The molecule has 8 heteroatoms. The van der Waals surface area contributed by atoms with Gasteiger partial charge in [0, 0.05) is 18.5 Å². The van der Waals surface area contributed by atoms with Crippen molar-refractivity contribution in [2.45, 2.75) is 63.7 Å². The Hall–Kier alpha value is -2.64. The highest BCUT2D eigenvalue weighted by molar-refractivity contribution is 6.13. The fourth-order valence-electron chi connectivity index (χ4n) is 3.95. The summed E-state index contributed by atoms with van der Waals surface area (Å²) in [6.45, 7) is 1.72. The Balaban J connectivity index is 2.09. The van der Waals surface area contributed by atoms with Gasteiger partial charge in [-0.2, -0.15) is 13.2 Å². The maximum absolute atomic E-state index is 14.4. The number of carbonyl (C=O) groups excluding carboxylic acids is 3. The van der Waals surface area contributed by atoms with Crippen LogP contribution in [0.2, 0.25) is 0 Å². The minimum absolute atomic E-state index is 0.0724. The first-order valence-corrected chi connectivity index (χ1v) is 9.72. The van der Waals surface area contributed by atoms with Gasteiger partial charge in [0.05, 0.1) is 12.1 Å². The Morgan fingerprint density at radius 1 is 1.17 bits per heavy atom. The maximum Gasteiger partial charge on any atom is 0.425 e. The quantitative estimate of drug-likeness (QED) is 0.782. The first-order valence-electron chi connectivity index (χ1n) is 9.72. The summed E-state index contributed by atoms with van der Waals surface area (Å²) in [4.78, 5) is 39.1. The lowest BCUT2D eigenvalue weighted by atomic mass is 9.82. The molecule has 5 nitrogen and oxygen atoms in total. The number of alkyl halides is 3. The van der Waals surface area contributed by atoms with Crippen LogP contribution in [0.5, 0.6) is 0 Å². The van der Waals surface area contributed by atoms with Gasteiger partial charge in [0.1, 0.15) is 0 Å². The number of ketones is 1. The Bertz CT molecular complexity index is 848. The normalized spacial score (nSPS) is 22.1. The monoisotopic (exact) mass is 408 g/mol. The van der Waals surface area contributed by atoms with Gasteiger partial charge in [0.15, 0.2) is 5.78 Å². The van der Waals surface area contributed by atoms with Gasteiger partial charge in [0.2, 0.25) is 11.4 Å². The van der Waals surface area contributed by atoms with Crippen molar-refractivity contribution in [2.24, 2.45) is 0 Å². The number of benzene rings is 1. The van der Waals surface area contributed by atoms with Crippen molar-refractivity contribution in [3.05, 3.63) is 47.2 Å². The van der Waals surface area contributed by atoms with Crippen molar-refractivity contribution in [3.63, 3.8) is 0 Å². The van der Waals surface area contributed by atoms with Gasteiger partial charge < -0.3 is 10.2 Å². The number of unbranched alkanes of at least 4 members (excludes halogenated alkanes) is 1. The summed E-state index contributed by atoms with van der Waals surface area (Å²) in [7, 11) is 0. The van der Waals surface area contributed by atoms with Crippen LogP contribution in [0.3, 0.4) is 0 Å². The summed E-state index contributed by atoms with van der Waals surface area (Å²) in [6.07, 6.45) is -3.79. The fraction of sp³-hybridized carbons (Fsp3) is 0.476. The fourth-order valence-corrected chi connectivity index (χ4v) is 3.95. The van der Waals surface area contributed by atoms with Crippen LogP contribution in [-0.4, -0.2) is 34.2 Å². The highest BCUT2D eigenvalue weighted by Crippen LogP contribution is 2.48. The molecule has 0 fully saturated rings. The molecule has 0 radical (unpaired) electrons. The number of amides is 2. The largest absolute Gasteiger partial charge is 0.425 e. The Kier molecular flexibility index (Phi) is 5.82. The highest BCUT2D eigenvalue weighted by Gasteiger charge is 2.70. The van der Waals surface area contributed by atoms with E-state index in [1.807, 2.05) is 5.32 Å². The second-order valence-corrected chi connectivity index (χ2v) is 7.37. The van der Waals surface area contributed by atoms with Gasteiger partial charge >= 0.3 is 6.18 Å². The number of carbonyl (C=O) groups is 3. The van der Waals surface area contributed by atoms with E-state index in [0.717, 1.165) is 4.90 Å². The number of nitrogens with one attached hydrogen (secondary N) is 1. The van der Waals surface area contributed by atoms with Gasteiger partial charge in [-0.15, -0.1) is 0 Å². The van der Waals surface area contributed by atoms with E-state index in [1.165, 1.54) is 0 Å². The number of allylic oxidation sites excluding steroid dienone is 1. The number of hydrogen-bond acceptors (Lipinski definition) is 3. The first-order chi connectivity index (χ1) is 13.7. The third-order valence-electron chi connectivity index (χ3n) is 5.34. The number of halogens is 3. The smallest absolute Gasteiger partial charge is 0.330 e. The van der Waals surface area contributed by atoms with Crippen molar-refractivity contribution in [1.82, 2.24) is 10.2 Å². The molecular weight excluding hydrogens is 385 g/mol. The van der Waals surface area contributed by atoms with Gasteiger partial charge in [-0.25, -0.2) is 0 Å². The van der Waals surface area contributed by atoms with Crippen LogP contribution in [0.1, 0.15) is 51.0 Å². The number of Topliss-reactive ketones (excluding diaryl/α,β-unsaturated/α-hetero) is 1. The minimum atomic E-state index is -5.13. The molecule has 2 aliphatic rings. The van der Waals surface area contributed by atoms with Crippen molar-refractivity contribution in [1.29, 1.82) is 0 Å². The number of hydrogen-bond donors (Lipinski definition) is 1. The maximum atomic E-state index is 14.4. The molecule has 1 aromatic carbocycles. The molecule has 2 amide bonds. The third kappa shape index (κ3) is 3.68. The molecule has 1 aliphatic heterocycles. The van der Waals surface area contributed by atoms with E-state index >= 15 is 0 Å². The molecule has 1 heterocycles. The molecule has 3 rings (SSSR count). The Morgan fingerprint density at radius 3 is 2.48 bits per heavy atom. The third-order valence-corrected chi connectivity index (χ3v) is 5.34. The molecule has 0 saturated heterocycles. The van der Waals surface area contributed by atoms with Crippen molar-refractivity contribution in [3.8, 4) is 0 Å². The molecular formula is C21H23F3N2O3. The molecule has 0 bridgehead atoms. The highest BCUT2D eigenvalue weighted by atomic mass is 19.4. The van der Waals surface area contributed by atoms with Gasteiger partial charge in [0.25, 0.3) is 5.91 Å². The van der Waals surface area contributed by atoms with Crippen LogP contribution in [0.15, 0.2) is 41.6 Å². The van der Waals surface area contributed by atoms with E-state index in [-0.39, 0.29) is 31.5 Å². The van der Waals surface area contributed by atoms with E-state index in [4.69, 9.17) is 0 Å². The molecule has 156 valence electrons. The van der Waals surface area contributed by atoms with Crippen molar-refractivity contribution >= 4 is 17.6 Å². The first kappa shape index (κ1) is 21.1. The summed E-state index contributed by atoms with van der Waals surface area (Å²) in [5.74, 6) is -2.92. The average molecular weight is 408 g/mol. The average Bonchev–Trinajstić information content (AvgIpc) is 2.91. The lowest BCUT2D eigenvalue weighted by Gasteiger charge is -2.33. The molecule has 1 aliphatic carbocycles. The van der Waals surface area contributed by atoms with Crippen LogP contribution in [-0.2, 0) is 20.9 Å². The lowest BCUT2D eigenvalue weighted by Crippen LogP contribution is -2.66. The summed E-state index contributed by atoms with van der Waals surface area (Å²) in [5, 5.41) is 1.93. The summed E-state index contributed by atoms with van der Waals surface area (Å²) >= 11 is 0. The molecule has 1 atom stereocenters. The molecule has 29 heavy (non-hydrogen) atoms. The minimum Gasteiger partial charge on any atom is -0.330 e. The predicted octanol–water partition coefficient (Wildman–Crippen LogP) is 3.64. The van der Waals surface area contributed by atoms with Gasteiger partial charge in [-0.1, -0.05) is 43.7 Å². The zero-order chi connectivity index (χ0) is 21.2. The molecule has 0 unspecified atom stereocenters.